The van der Waals surface area contributed by atoms with E-state index >= 15 is 0 Å². The van der Waals surface area contributed by atoms with Crippen LogP contribution in [0.5, 0.6) is 23.1 Å². The van der Waals surface area contributed by atoms with Crippen LogP contribution >= 0.6 is 0 Å². The van der Waals surface area contributed by atoms with Gasteiger partial charge >= 0.3 is 5.97 Å². The number of hydrogen-bond acceptors (Lipinski definition) is 5. The van der Waals surface area contributed by atoms with Gasteiger partial charge in [-0.2, -0.15) is 0 Å². The number of ether oxygens (including phenoxy) is 2. The number of nitrogens with zero attached hydrogens (tertiary/aromatic N) is 2. The van der Waals surface area contributed by atoms with Crippen LogP contribution in [-0.4, -0.2) is 21.0 Å². The number of fused-ring (bicyclic) bond motifs is 1. The van der Waals surface area contributed by atoms with Gasteiger partial charge in [-0.3, -0.25) is 4.79 Å². The van der Waals surface area contributed by atoms with E-state index < -0.39 is 5.97 Å². The summed E-state index contributed by atoms with van der Waals surface area (Å²) in [6, 6.07) is 24.1. The number of carbonyl (C=O) groups is 1. The lowest BCUT2D eigenvalue weighted by molar-refractivity contribution is -0.136. The number of carboxylic acid groups (broad SMARTS) is 1. The summed E-state index contributed by atoms with van der Waals surface area (Å²) >= 11 is 0. The number of aryl methyl sites for hydroxylation is 1. The van der Waals surface area contributed by atoms with Gasteiger partial charge in [0.25, 0.3) is 0 Å². The van der Waals surface area contributed by atoms with Crippen LogP contribution in [0.1, 0.15) is 12.1 Å². The van der Waals surface area contributed by atoms with Crippen molar-refractivity contribution >= 4 is 17.0 Å². The normalized spacial score (nSPS) is 10.6. The summed E-state index contributed by atoms with van der Waals surface area (Å²) in [6.07, 6.45) is 0.185. The fraction of sp³-hybridized carbons (Fsp3) is 0.0870. The molecule has 1 heterocycles. The van der Waals surface area contributed by atoms with E-state index in [1.165, 1.54) is 0 Å². The zero-order valence-electron chi connectivity index (χ0n) is 15.5. The first kappa shape index (κ1) is 18.4. The Kier molecular flexibility index (Phi) is 5.33. The van der Waals surface area contributed by atoms with Crippen LogP contribution in [-0.2, 0) is 11.2 Å². The van der Waals surface area contributed by atoms with Gasteiger partial charge in [-0.05, 0) is 48.5 Å². The average Bonchev–Trinajstić information content (AvgIpc) is 2.74. The third kappa shape index (κ3) is 4.68. The van der Waals surface area contributed by atoms with Crippen LogP contribution in [0.3, 0.4) is 0 Å². The van der Waals surface area contributed by atoms with Crippen LogP contribution in [0.25, 0.3) is 11.0 Å². The van der Waals surface area contributed by atoms with E-state index in [-0.39, 0.29) is 12.8 Å². The molecule has 144 valence electrons. The molecule has 0 saturated carbocycles. The minimum atomic E-state index is -0.895. The maximum absolute atomic E-state index is 11.0. The van der Waals surface area contributed by atoms with Gasteiger partial charge in [0.2, 0.25) is 5.88 Å². The van der Waals surface area contributed by atoms with Gasteiger partial charge in [0.05, 0.1) is 17.5 Å². The molecule has 6 heteroatoms. The van der Waals surface area contributed by atoms with E-state index in [0.717, 1.165) is 5.75 Å². The van der Waals surface area contributed by atoms with Crippen molar-refractivity contribution in [2.45, 2.75) is 12.8 Å². The van der Waals surface area contributed by atoms with E-state index in [0.29, 0.717) is 34.1 Å². The van der Waals surface area contributed by atoms with E-state index in [9.17, 15) is 4.79 Å². The molecule has 0 bridgehead atoms. The SMILES string of the molecule is O=C(O)CCc1nc2ccccc2nc1Oc1ccc(Oc2ccccc2)cc1. The molecule has 0 radical (unpaired) electrons. The van der Waals surface area contributed by atoms with Gasteiger partial charge in [0.15, 0.2) is 0 Å². The van der Waals surface area contributed by atoms with Crippen LogP contribution < -0.4 is 9.47 Å². The number of hydrogen-bond donors (Lipinski definition) is 1. The van der Waals surface area contributed by atoms with Gasteiger partial charge in [0.1, 0.15) is 22.9 Å². The van der Waals surface area contributed by atoms with E-state index in [2.05, 4.69) is 9.97 Å². The number of para-hydroxylation sites is 3. The standard InChI is InChI=1S/C23H18N2O4/c26-22(27)15-14-21-23(25-20-9-5-4-8-19(20)24-21)29-18-12-10-17(11-13-18)28-16-6-2-1-3-7-16/h1-13H,14-15H2,(H,26,27). The molecular formula is C23H18N2O4. The third-order valence-corrected chi connectivity index (χ3v) is 4.20. The predicted molar refractivity (Wildman–Crippen MR) is 109 cm³/mol. The zero-order valence-corrected chi connectivity index (χ0v) is 15.5. The van der Waals surface area contributed by atoms with E-state index in [1.807, 2.05) is 54.6 Å². The molecule has 0 fully saturated rings. The first-order valence-corrected chi connectivity index (χ1v) is 9.16. The first-order valence-electron chi connectivity index (χ1n) is 9.16. The molecule has 0 spiro atoms. The Labute approximate surface area is 167 Å². The summed E-state index contributed by atoms with van der Waals surface area (Å²) in [5.74, 6) is 1.40. The molecule has 1 N–H and O–H groups in total. The molecule has 1 aromatic heterocycles. The Morgan fingerprint density at radius 3 is 1.93 bits per heavy atom. The molecule has 4 aromatic rings. The van der Waals surface area contributed by atoms with Crippen LogP contribution in [0.15, 0.2) is 78.9 Å². The molecule has 0 unspecified atom stereocenters. The van der Waals surface area contributed by atoms with Gasteiger partial charge < -0.3 is 14.6 Å². The zero-order chi connectivity index (χ0) is 20.1. The molecule has 3 aromatic carbocycles. The lowest BCUT2D eigenvalue weighted by Crippen LogP contribution is -2.03. The van der Waals surface area contributed by atoms with Crippen LogP contribution in [0.4, 0.5) is 0 Å². The van der Waals surface area contributed by atoms with Crippen molar-refractivity contribution in [3.63, 3.8) is 0 Å². The van der Waals surface area contributed by atoms with E-state index in [1.54, 1.807) is 24.3 Å². The fourth-order valence-corrected chi connectivity index (χ4v) is 2.80. The van der Waals surface area contributed by atoms with Crippen molar-refractivity contribution < 1.29 is 19.4 Å². The van der Waals surface area contributed by atoms with Crippen molar-refractivity contribution in [3.8, 4) is 23.1 Å². The largest absolute Gasteiger partial charge is 0.481 e. The van der Waals surface area contributed by atoms with Gasteiger partial charge in [-0.1, -0.05) is 30.3 Å². The van der Waals surface area contributed by atoms with Crippen molar-refractivity contribution in [3.05, 3.63) is 84.6 Å². The smallest absolute Gasteiger partial charge is 0.303 e. The fourth-order valence-electron chi connectivity index (χ4n) is 2.80. The molecule has 29 heavy (non-hydrogen) atoms. The van der Waals surface area contributed by atoms with Crippen molar-refractivity contribution in [2.75, 3.05) is 0 Å². The molecule has 6 nitrogen and oxygen atoms in total. The second kappa shape index (κ2) is 8.39. The van der Waals surface area contributed by atoms with Gasteiger partial charge in [-0.15, -0.1) is 0 Å². The monoisotopic (exact) mass is 386 g/mol. The topological polar surface area (TPSA) is 81.5 Å². The van der Waals surface area contributed by atoms with Crippen molar-refractivity contribution in [1.29, 1.82) is 0 Å². The molecule has 0 saturated heterocycles. The van der Waals surface area contributed by atoms with Gasteiger partial charge in [-0.25, -0.2) is 9.97 Å². The molecule has 0 aliphatic rings. The highest BCUT2D eigenvalue weighted by molar-refractivity contribution is 5.75. The Morgan fingerprint density at radius 2 is 1.28 bits per heavy atom. The first-order chi connectivity index (χ1) is 14.2. The molecular weight excluding hydrogens is 368 g/mol. The van der Waals surface area contributed by atoms with Gasteiger partial charge in [0, 0.05) is 6.42 Å². The minimum Gasteiger partial charge on any atom is -0.481 e. The Morgan fingerprint density at radius 1 is 0.724 bits per heavy atom. The second-order valence-electron chi connectivity index (χ2n) is 6.35. The average molecular weight is 386 g/mol. The minimum absolute atomic E-state index is 0.0484. The quantitative estimate of drug-likeness (QED) is 0.468. The highest BCUT2D eigenvalue weighted by Gasteiger charge is 2.13. The molecule has 0 amide bonds. The second-order valence-corrected chi connectivity index (χ2v) is 6.35. The highest BCUT2D eigenvalue weighted by Crippen LogP contribution is 2.28. The summed E-state index contributed by atoms with van der Waals surface area (Å²) < 4.78 is 11.7. The summed E-state index contributed by atoms with van der Waals surface area (Å²) in [6.45, 7) is 0. The molecule has 0 aliphatic carbocycles. The summed E-state index contributed by atoms with van der Waals surface area (Å²) in [5.41, 5.74) is 1.90. The van der Waals surface area contributed by atoms with E-state index in [4.69, 9.17) is 14.6 Å². The van der Waals surface area contributed by atoms with Crippen molar-refractivity contribution in [2.24, 2.45) is 0 Å². The maximum Gasteiger partial charge on any atom is 0.303 e. The number of carboxylic acids is 1. The summed E-state index contributed by atoms with van der Waals surface area (Å²) in [4.78, 5) is 20.1. The number of aromatic nitrogens is 2. The molecule has 4 rings (SSSR count). The van der Waals surface area contributed by atoms with Crippen molar-refractivity contribution in [1.82, 2.24) is 9.97 Å². The number of aliphatic carboxylic acids is 1. The number of benzene rings is 3. The Bertz CT molecular complexity index is 1130. The summed E-state index contributed by atoms with van der Waals surface area (Å²) in [5, 5.41) is 9.02. The summed E-state index contributed by atoms with van der Waals surface area (Å²) in [7, 11) is 0. The lowest BCUT2D eigenvalue weighted by Gasteiger charge is -2.11. The molecule has 0 aliphatic heterocycles. The number of rotatable bonds is 7. The highest BCUT2D eigenvalue weighted by atomic mass is 16.5. The Hall–Kier alpha value is -3.93. The third-order valence-electron chi connectivity index (χ3n) is 4.20. The predicted octanol–water partition coefficient (Wildman–Crippen LogP) is 5.23. The Balaban J connectivity index is 1.57. The van der Waals surface area contributed by atoms with Crippen LogP contribution in [0, 0.1) is 0 Å². The van der Waals surface area contributed by atoms with Crippen LogP contribution in [0.2, 0.25) is 0 Å². The lowest BCUT2D eigenvalue weighted by atomic mass is 10.2. The molecule has 0 atom stereocenters. The maximum atomic E-state index is 11.0.